The van der Waals surface area contributed by atoms with Crippen LogP contribution in [0.5, 0.6) is 0 Å². The maximum absolute atomic E-state index is 12.8. The molecule has 3 amide bonds. The molecule has 0 aliphatic carbocycles. The monoisotopic (exact) mass is 481 g/mol. The van der Waals surface area contributed by atoms with Gasteiger partial charge in [0, 0.05) is 35.2 Å². The number of amides is 3. The Morgan fingerprint density at radius 2 is 1.68 bits per heavy atom. The van der Waals surface area contributed by atoms with Gasteiger partial charge in [-0.3, -0.25) is 4.79 Å². The normalized spacial score (nSPS) is 14.3. The van der Waals surface area contributed by atoms with Crippen molar-refractivity contribution in [3.05, 3.63) is 76.9 Å². The number of nitrogens with zero attached hydrogens (tertiary/aromatic N) is 3. The molecule has 1 saturated heterocycles. The summed E-state index contributed by atoms with van der Waals surface area (Å²) >= 11 is 3.44. The lowest BCUT2D eigenvalue weighted by atomic mass is 9.96. The van der Waals surface area contributed by atoms with Crippen LogP contribution in [0.25, 0.3) is 0 Å². The molecule has 31 heavy (non-hydrogen) atoms. The number of carbonyl (C=O) groups is 2. The number of nitrogens with one attached hydrogen (secondary N) is 2. The third kappa shape index (κ3) is 5.52. The van der Waals surface area contributed by atoms with Gasteiger partial charge in [-0.2, -0.15) is 5.10 Å². The molecule has 1 aromatic heterocycles. The van der Waals surface area contributed by atoms with Gasteiger partial charge < -0.3 is 15.5 Å². The minimum Gasteiger partial charge on any atom is -0.324 e. The zero-order chi connectivity index (χ0) is 21.6. The van der Waals surface area contributed by atoms with Crippen LogP contribution in [0.2, 0.25) is 0 Å². The van der Waals surface area contributed by atoms with E-state index in [0.29, 0.717) is 38.3 Å². The highest BCUT2D eigenvalue weighted by Crippen LogP contribution is 2.21. The summed E-state index contributed by atoms with van der Waals surface area (Å²) < 4.78 is 2.80. The van der Waals surface area contributed by atoms with E-state index in [9.17, 15) is 9.59 Å². The van der Waals surface area contributed by atoms with Crippen LogP contribution in [0.4, 0.5) is 16.3 Å². The molecule has 0 saturated carbocycles. The second-order valence-corrected chi connectivity index (χ2v) is 8.46. The first-order chi connectivity index (χ1) is 15.1. The van der Waals surface area contributed by atoms with Gasteiger partial charge in [0.2, 0.25) is 5.91 Å². The average Bonchev–Trinajstić information content (AvgIpc) is 3.22. The number of rotatable bonds is 5. The van der Waals surface area contributed by atoms with E-state index in [0.717, 1.165) is 15.7 Å². The summed E-state index contributed by atoms with van der Waals surface area (Å²) in [7, 11) is 0. The lowest BCUT2D eigenvalue weighted by molar-refractivity contribution is -0.121. The van der Waals surface area contributed by atoms with E-state index < -0.39 is 0 Å². The van der Waals surface area contributed by atoms with Crippen molar-refractivity contribution < 1.29 is 9.59 Å². The molecule has 0 spiro atoms. The minimum atomic E-state index is -0.128. The quantitative estimate of drug-likeness (QED) is 0.559. The van der Waals surface area contributed by atoms with Gasteiger partial charge in [-0.1, -0.05) is 46.3 Å². The van der Waals surface area contributed by atoms with E-state index in [-0.39, 0.29) is 17.9 Å². The molecule has 0 bridgehead atoms. The molecule has 1 aliphatic rings. The van der Waals surface area contributed by atoms with Crippen LogP contribution in [0.15, 0.2) is 71.3 Å². The fourth-order valence-electron chi connectivity index (χ4n) is 3.62. The van der Waals surface area contributed by atoms with Crippen molar-refractivity contribution in [1.82, 2.24) is 14.7 Å². The molecule has 2 N–H and O–H groups in total. The second kappa shape index (κ2) is 9.78. The molecule has 2 aromatic carbocycles. The second-order valence-electron chi connectivity index (χ2n) is 7.55. The number of carbonyl (C=O) groups excluding carboxylic acids is 2. The predicted octanol–water partition coefficient (Wildman–Crippen LogP) is 4.58. The van der Waals surface area contributed by atoms with Crippen molar-refractivity contribution in [1.29, 1.82) is 0 Å². The first-order valence-corrected chi connectivity index (χ1v) is 11.1. The van der Waals surface area contributed by atoms with Gasteiger partial charge in [-0.25, -0.2) is 9.48 Å². The number of aromatic nitrogens is 2. The van der Waals surface area contributed by atoms with Crippen LogP contribution in [0, 0.1) is 5.92 Å². The Hall–Kier alpha value is -3.13. The fraction of sp³-hybridized carbons (Fsp3) is 0.261. The Morgan fingerprint density at radius 3 is 2.39 bits per heavy atom. The van der Waals surface area contributed by atoms with Crippen molar-refractivity contribution in [3.8, 4) is 0 Å². The molecule has 0 radical (unpaired) electrons. The van der Waals surface area contributed by atoms with Crippen LogP contribution in [0.3, 0.4) is 0 Å². The van der Waals surface area contributed by atoms with E-state index in [1.165, 1.54) is 0 Å². The molecule has 8 heteroatoms. The predicted molar refractivity (Wildman–Crippen MR) is 124 cm³/mol. The Morgan fingerprint density at radius 1 is 0.968 bits per heavy atom. The van der Waals surface area contributed by atoms with E-state index >= 15 is 0 Å². The molecule has 0 atom stereocenters. The lowest BCUT2D eigenvalue weighted by Gasteiger charge is -2.31. The van der Waals surface area contributed by atoms with Gasteiger partial charge in [0.15, 0.2) is 0 Å². The average molecular weight is 482 g/mol. The summed E-state index contributed by atoms with van der Waals surface area (Å²) in [6.07, 6.45) is 2.95. The van der Waals surface area contributed by atoms with E-state index in [1.807, 2.05) is 54.6 Å². The highest BCUT2D eigenvalue weighted by atomic mass is 79.9. The van der Waals surface area contributed by atoms with Gasteiger partial charge in [0.25, 0.3) is 0 Å². The van der Waals surface area contributed by atoms with Crippen LogP contribution < -0.4 is 10.6 Å². The first kappa shape index (κ1) is 21.1. The molecule has 1 fully saturated rings. The number of benzene rings is 2. The van der Waals surface area contributed by atoms with Crippen molar-refractivity contribution in [3.63, 3.8) is 0 Å². The van der Waals surface area contributed by atoms with Gasteiger partial charge in [-0.15, -0.1) is 0 Å². The zero-order valence-electron chi connectivity index (χ0n) is 17.0. The number of likely N-dealkylation sites (tertiary alicyclic amines) is 1. The maximum atomic E-state index is 12.8. The van der Waals surface area contributed by atoms with E-state index in [1.54, 1.807) is 21.8 Å². The topological polar surface area (TPSA) is 79.3 Å². The summed E-state index contributed by atoms with van der Waals surface area (Å²) in [6, 6.07) is 19.1. The van der Waals surface area contributed by atoms with Crippen molar-refractivity contribution >= 4 is 39.4 Å². The van der Waals surface area contributed by atoms with Crippen LogP contribution in [-0.4, -0.2) is 39.7 Å². The number of halogens is 1. The third-order valence-electron chi connectivity index (χ3n) is 5.39. The number of para-hydroxylation sites is 1. The van der Waals surface area contributed by atoms with Crippen LogP contribution >= 0.6 is 15.9 Å². The summed E-state index contributed by atoms with van der Waals surface area (Å²) in [5.74, 6) is 0.523. The Bertz CT molecular complexity index is 1030. The Labute approximate surface area is 189 Å². The molecule has 1 aliphatic heterocycles. The highest BCUT2D eigenvalue weighted by Gasteiger charge is 2.28. The molecule has 160 valence electrons. The summed E-state index contributed by atoms with van der Waals surface area (Å²) in [5.41, 5.74) is 1.87. The zero-order valence-corrected chi connectivity index (χ0v) is 18.6. The smallest absolute Gasteiger partial charge is 0.321 e. The van der Waals surface area contributed by atoms with E-state index in [4.69, 9.17) is 0 Å². The number of hydrogen-bond acceptors (Lipinski definition) is 3. The molecule has 3 aromatic rings. The number of hydrogen-bond donors (Lipinski definition) is 2. The van der Waals surface area contributed by atoms with Crippen LogP contribution in [0.1, 0.15) is 18.4 Å². The summed E-state index contributed by atoms with van der Waals surface area (Å²) in [4.78, 5) is 27.0. The number of urea groups is 1. The molecule has 4 rings (SSSR count). The van der Waals surface area contributed by atoms with Gasteiger partial charge in [0.05, 0.1) is 12.7 Å². The standard InChI is InChI=1S/C23H24BrN5O2/c24-19-8-6-17(7-9-19)16-29-21(10-13-25-29)27-22(30)18-11-14-28(15-12-18)23(31)26-20-4-2-1-3-5-20/h1-10,13,18H,11-12,14-16H2,(H,26,31)(H,27,30). The molecule has 2 heterocycles. The van der Waals surface area contributed by atoms with Gasteiger partial charge in [-0.05, 0) is 42.7 Å². The molecular formula is C23H24BrN5O2. The number of anilines is 2. The largest absolute Gasteiger partial charge is 0.324 e. The van der Waals surface area contributed by atoms with Crippen molar-refractivity contribution in [2.45, 2.75) is 19.4 Å². The fourth-order valence-corrected chi connectivity index (χ4v) is 3.89. The van der Waals surface area contributed by atoms with Gasteiger partial charge >= 0.3 is 6.03 Å². The first-order valence-electron chi connectivity index (χ1n) is 10.3. The minimum absolute atomic E-state index is 0.0272. The lowest BCUT2D eigenvalue weighted by Crippen LogP contribution is -2.43. The molecular weight excluding hydrogens is 458 g/mol. The summed E-state index contributed by atoms with van der Waals surface area (Å²) in [5, 5.41) is 10.2. The summed E-state index contributed by atoms with van der Waals surface area (Å²) in [6.45, 7) is 1.68. The van der Waals surface area contributed by atoms with Crippen molar-refractivity contribution in [2.75, 3.05) is 23.7 Å². The number of piperidine rings is 1. The molecule has 7 nitrogen and oxygen atoms in total. The SMILES string of the molecule is O=C(Nc1ccnn1Cc1ccc(Br)cc1)C1CCN(C(=O)Nc2ccccc2)CC1. The van der Waals surface area contributed by atoms with Crippen LogP contribution in [-0.2, 0) is 11.3 Å². The Balaban J connectivity index is 1.29. The molecule has 0 unspecified atom stereocenters. The van der Waals surface area contributed by atoms with E-state index in [2.05, 4.69) is 31.7 Å². The highest BCUT2D eigenvalue weighted by molar-refractivity contribution is 9.10. The maximum Gasteiger partial charge on any atom is 0.321 e. The Kier molecular flexibility index (Phi) is 6.66. The van der Waals surface area contributed by atoms with Crippen molar-refractivity contribution in [2.24, 2.45) is 5.92 Å². The van der Waals surface area contributed by atoms with Gasteiger partial charge in [0.1, 0.15) is 5.82 Å². The third-order valence-corrected chi connectivity index (χ3v) is 5.92.